The van der Waals surface area contributed by atoms with Crippen LogP contribution >= 0.6 is 0 Å². The minimum atomic E-state index is -0.574. The Morgan fingerprint density at radius 1 is 0.472 bits per heavy atom. The highest BCUT2D eigenvalue weighted by Gasteiger charge is 2.13. The van der Waals surface area contributed by atoms with E-state index in [9.17, 15) is 9.90 Å². The number of hydrogen-bond donors (Lipinski definition) is 1. The molecule has 4 heteroatoms. The van der Waals surface area contributed by atoms with Crippen LogP contribution in [0.15, 0.2) is 60.8 Å². The van der Waals surface area contributed by atoms with Crippen molar-refractivity contribution in [2.75, 3.05) is 19.8 Å². The molecule has 1 atom stereocenters. The monoisotopic (exact) mass is 741 g/mol. The van der Waals surface area contributed by atoms with Crippen molar-refractivity contribution in [2.24, 2.45) is 0 Å². The van der Waals surface area contributed by atoms with Gasteiger partial charge in [0.15, 0.2) is 0 Å². The third kappa shape index (κ3) is 44.4. The van der Waals surface area contributed by atoms with Crippen molar-refractivity contribution in [3.63, 3.8) is 0 Å². The Morgan fingerprint density at radius 2 is 0.811 bits per heavy atom. The number of aliphatic hydroxyl groups is 1. The number of ether oxygens (including phenoxy) is 2. The Labute approximate surface area is 330 Å². The second-order valence-corrected chi connectivity index (χ2v) is 15.1. The Hall–Kier alpha value is -1.91. The molecular formula is C49H88O4. The molecule has 0 saturated heterocycles. The molecule has 0 aliphatic carbocycles. The highest BCUT2D eigenvalue weighted by molar-refractivity contribution is 5.69. The number of aliphatic hydroxyl groups excluding tert-OH is 1. The van der Waals surface area contributed by atoms with Crippen molar-refractivity contribution in [2.45, 2.75) is 225 Å². The Bertz CT molecular complexity index is 870. The van der Waals surface area contributed by atoms with Crippen LogP contribution in [0.4, 0.5) is 0 Å². The van der Waals surface area contributed by atoms with Gasteiger partial charge in [-0.3, -0.25) is 4.79 Å². The molecular weight excluding hydrogens is 653 g/mol. The summed E-state index contributed by atoms with van der Waals surface area (Å²) in [6.07, 6.45) is 61.8. The first-order valence-electron chi connectivity index (χ1n) is 22.9. The van der Waals surface area contributed by atoms with Gasteiger partial charge in [-0.05, 0) is 44.9 Å². The van der Waals surface area contributed by atoms with Crippen molar-refractivity contribution >= 4 is 5.97 Å². The van der Waals surface area contributed by atoms with Crippen LogP contribution in [0.1, 0.15) is 219 Å². The average Bonchev–Trinajstić information content (AvgIpc) is 3.16. The predicted molar refractivity (Wildman–Crippen MR) is 233 cm³/mol. The van der Waals surface area contributed by atoms with Crippen LogP contribution in [-0.4, -0.2) is 37.0 Å². The number of carbonyl (C=O) groups excluding carboxylic acids is 1. The minimum absolute atomic E-state index is 0.202. The lowest BCUT2D eigenvalue weighted by Gasteiger charge is -2.15. The number of hydrogen-bond acceptors (Lipinski definition) is 4. The van der Waals surface area contributed by atoms with Gasteiger partial charge in [0.2, 0.25) is 0 Å². The lowest BCUT2D eigenvalue weighted by molar-refractivity contribution is -0.154. The van der Waals surface area contributed by atoms with E-state index in [-0.39, 0.29) is 19.2 Å². The molecule has 0 fully saturated rings. The van der Waals surface area contributed by atoms with Gasteiger partial charge in [0.25, 0.3) is 0 Å². The number of esters is 1. The Balaban J connectivity index is 3.45. The largest absolute Gasteiger partial charge is 0.457 e. The fraction of sp³-hybridized carbons (Fsp3) is 0.776. The summed E-state index contributed by atoms with van der Waals surface area (Å²) in [5, 5.41) is 9.60. The van der Waals surface area contributed by atoms with Crippen LogP contribution in [0.25, 0.3) is 0 Å². The number of unbranched alkanes of at least 4 members (excludes halogenated alkanes) is 24. The second-order valence-electron chi connectivity index (χ2n) is 15.1. The van der Waals surface area contributed by atoms with E-state index in [4.69, 9.17) is 9.47 Å². The summed E-state index contributed by atoms with van der Waals surface area (Å²) in [4.78, 5) is 12.2. The van der Waals surface area contributed by atoms with Crippen molar-refractivity contribution < 1.29 is 19.4 Å². The Kier molecular flexibility index (Phi) is 44.6. The molecule has 0 rings (SSSR count). The fourth-order valence-electron chi connectivity index (χ4n) is 6.51. The first-order valence-corrected chi connectivity index (χ1v) is 22.9. The number of carbonyl (C=O) groups is 1. The van der Waals surface area contributed by atoms with E-state index in [1.165, 1.54) is 148 Å². The number of allylic oxidation sites excluding steroid dienone is 9. The molecule has 0 aromatic carbocycles. The summed E-state index contributed by atoms with van der Waals surface area (Å²) >= 11 is 0. The smallest absolute Gasteiger partial charge is 0.306 e. The maximum Gasteiger partial charge on any atom is 0.306 e. The van der Waals surface area contributed by atoms with Gasteiger partial charge in [-0.25, -0.2) is 0 Å². The van der Waals surface area contributed by atoms with Gasteiger partial charge in [-0.1, -0.05) is 229 Å². The highest BCUT2D eigenvalue weighted by atomic mass is 16.6. The van der Waals surface area contributed by atoms with Gasteiger partial charge in [0.05, 0.1) is 19.8 Å². The third-order valence-electron chi connectivity index (χ3n) is 9.88. The fourth-order valence-corrected chi connectivity index (χ4v) is 6.51. The van der Waals surface area contributed by atoms with Gasteiger partial charge < -0.3 is 14.6 Å². The van der Waals surface area contributed by atoms with E-state index < -0.39 is 6.10 Å². The topological polar surface area (TPSA) is 55.8 Å². The van der Waals surface area contributed by atoms with Crippen LogP contribution in [0.5, 0.6) is 0 Å². The molecule has 0 aromatic heterocycles. The van der Waals surface area contributed by atoms with Crippen LogP contribution in [0.3, 0.4) is 0 Å². The molecule has 0 aliphatic heterocycles. The van der Waals surface area contributed by atoms with E-state index in [1.807, 2.05) is 0 Å². The molecule has 4 nitrogen and oxygen atoms in total. The van der Waals surface area contributed by atoms with Crippen molar-refractivity contribution in [1.29, 1.82) is 0 Å². The maximum atomic E-state index is 12.2. The van der Waals surface area contributed by atoms with Crippen LogP contribution in [0.2, 0.25) is 0 Å². The molecule has 1 N–H and O–H groups in total. The third-order valence-corrected chi connectivity index (χ3v) is 9.88. The minimum Gasteiger partial charge on any atom is -0.457 e. The molecule has 1 unspecified atom stereocenters. The van der Waals surface area contributed by atoms with Gasteiger partial charge in [-0.15, -0.1) is 0 Å². The van der Waals surface area contributed by atoms with E-state index in [2.05, 4.69) is 74.6 Å². The molecule has 308 valence electrons. The zero-order valence-electron chi connectivity index (χ0n) is 35.3. The second kappa shape index (κ2) is 46.2. The van der Waals surface area contributed by atoms with E-state index in [1.54, 1.807) is 0 Å². The van der Waals surface area contributed by atoms with Crippen molar-refractivity contribution in [3.05, 3.63) is 60.8 Å². The van der Waals surface area contributed by atoms with Crippen molar-refractivity contribution in [1.82, 2.24) is 0 Å². The van der Waals surface area contributed by atoms with Gasteiger partial charge in [-0.2, -0.15) is 0 Å². The highest BCUT2D eigenvalue weighted by Crippen LogP contribution is 2.16. The molecule has 0 aromatic rings. The summed E-state index contributed by atoms with van der Waals surface area (Å²) in [6, 6.07) is 0. The van der Waals surface area contributed by atoms with Crippen LogP contribution < -0.4 is 0 Å². The quantitative estimate of drug-likeness (QED) is 0.0385. The summed E-state index contributed by atoms with van der Waals surface area (Å²) in [7, 11) is 0. The lowest BCUT2D eigenvalue weighted by atomic mass is 10.0. The SMILES string of the molecule is CC/C=C\C/C=C\C/C=C\C/C=C\C/C=C\CCOCC(CO)OC(=O)CCCCCCCCCCCCCCCCCCCCCCCCCCC. The maximum absolute atomic E-state index is 12.2. The summed E-state index contributed by atoms with van der Waals surface area (Å²) in [6.45, 7) is 5.05. The van der Waals surface area contributed by atoms with Crippen LogP contribution in [0, 0.1) is 0 Å². The number of rotatable bonds is 42. The standard InChI is InChI=1S/C49H88O4/c1-3-5-7-9-11-13-15-17-19-21-22-23-24-25-26-27-28-29-30-32-34-36-38-40-42-44-49(51)53-48(46-50)47-52-45-43-41-39-37-35-33-31-20-18-16-14-12-10-8-6-4-2/h6,8,12,14,18,20,33,35,39,41,48,50H,3-5,7,9-11,13,15-17,19,21-32,34,36-38,40,42-47H2,1-2H3/b8-6-,14-12-,20-18-,35-33-,41-39-. The average molecular weight is 741 g/mol. The zero-order chi connectivity index (χ0) is 38.4. The molecule has 0 amide bonds. The molecule has 0 saturated carbocycles. The van der Waals surface area contributed by atoms with Gasteiger partial charge in [0.1, 0.15) is 6.10 Å². The molecule has 0 heterocycles. The Morgan fingerprint density at radius 3 is 1.17 bits per heavy atom. The molecule has 0 spiro atoms. The zero-order valence-corrected chi connectivity index (χ0v) is 35.3. The normalized spacial score (nSPS) is 12.9. The summed E-state index contributed by atoms with van der Waals surface area (Å²) in [5.41, 5.74) is 0. The predicted octanol–water partition coefficient (Wildman–Crippen LogP) is 15.2. The van der Waals surface area contributed by atoms with Gasteiger partial charge >= 0.3 is 5.97 Å². The van der Waals surface area contributed by atoms with E-state index >= 15 is 0 Å². The molecule has 53 heavy (non-hydrogen) atoms. The van der Waals surface area contributed by atoms with E-state index in [0.29, 0.717) is 13.0 Å². The van der Waals surface area contributed by atoms with Crippen molar-refractivity contribution in [3.8, 4) is 0 Å². The summed E-state index contributed by atoms with van der Waals surface area (Å²) < 4.78 is 11.1. The van der Waals surface area contributed by atoms with Gasteiger partial charge in [0, 0.05) is 6.42 Å². The lowest BCUT2D eigenvalue weighted by Crippen LogP contribution is -2.27. The molecule has 0 aliphatic rings. The first kappa shape index (κ1) is 51.1. The first-order chi connectivity index (χ1) is 26.2. The van der Waals surface area contributed by atoms with Crippen LogP contribution in [-0.2, 0) is 14.3 Å². The molecule has 0 bridgehead atoms. The van der Waals surface area contributed by atoms with E-state index in [0.717, 1.165) is 51.4 Å². The summed E-state index contributed by atoms with van der Waals surface area (Å²) in [5.74, 6) is -0.223. The molecule has 0 radical (unpaired) electrons.